The molecule has 0 saturated heterocycles. The monoisotopic (exact) mass is 289 g/mol. The Labute approximate surface area is 125 Å². The van der Waals surface area contributed by atoms with Crippen LogP contribution in [-0.2, 0) is 6.42 Å². The third-order valence-corrected chi connectivity index (χ3v) is 4.01. The van der Waals surface area contributed by atoms with Crippen LogP contribution in [-0.4, -0.2) is 27.4 Å². The summed E-state index contributed by atoms with van der Waals surface area (Å²) in [4.78, 5) is 11.3. The molecule has 0 atom stereocenters. The van der Waals surface area contributed by atoms with Gasteiger partial charge in [-0.05, 0) is 63.8 Å². The van der Waals surface area contributed by atoms with Crippen LogP contribution in [0.1, 0.15) is 53.5 Å². The number of aliphatic hydroxyl groups excluding tert-OH is 1. The van der Waals surface area contributed by atoms with Gasteiger partial charge < -0.3 is 14.8 Å². The van der Waals surface area contributed by atoms with Gasteiger partial charge in [0.05, 0.1) is 11.1 Å². The van der Waals surface area contributed by atoms with Gasteiger partial charge in [0.15, 0.2) is 0 Å². The van der Waals surface area contributed by atoms with Gasteiger partial charge in [0.25, 0.3) is 0 Å². The Morgan fingerprint density at radius 1 is 1.29 bits per heavy atom. The molecular formula is C17H23NO3. The van der Waals surface area contributed by atoms with Gasteiger partial charge in [-0.2, -0.15) is 0 Å². The lowest BCUT2D eigenvalue weighted by atomic mass is 10.0. The molecule has 0 aliphatic rings. The Morgan fingerprint density at radius 3 is 2.48 bits per heavy atom. The van der Waals surface area contributed by atoms with E-state index >= 15 is 0 Å². The highest BCUT2D eigenvalue weighted by molar-refractivity contribution is 5.97. The SMILES string of the molecule is Cc1cc(C(=O)O)cc2c(CCCO)c(C)n(C(C)C)c12. The minimum Gasteiger partial charge on any atom is -0.478 e. The Balaban J connectivity index is 2.80. The van der Waals surface area contributed by atoms with Crippen LogP contribution in [0.4, 0.5) is 0 Å². The van der Waals surface area contributed by atoms with E-state index < -0.39 is 5.97 Å². The van der Waals surface area contributed by atoms with E-state index in [1.807, 2.05) is 6.92 Å². The predicted molar refractivity (Wildman–Crippen MR) is 84.2 cm³/mol. The molecule has 4 heteroatoms. The highest BCUT2D eigenvalue weighted by Crippen LogP contribution is 2.33. The standard InChI is InChI=1S/C17H23NO3/c1-10(2)18-12(4)14(6-5-7-19)15-9-13(17(20)21)8-11(3)16(15)18/h8-10,19H,5-7H2,1-4H3,(H,20,21). The molecule has 0 saturated carbocycles. The molecule has 4 nitrogen and oxygen atoms in total. The first-order chi connectivity index (χ1) is 9.88. The van der Waals surface area contributed by atoms with Gasteiger partial charge in [0, 0.05) is 23.7 Å². The molecule has 2 aromatic rings. The third kappa shape index (κ3) is 2.68. The molecule has 0 unspecified atom stereocenters. The summed E-state index contributed by atoms with van der Waals surface area (Å²) in [7, 11) is 0. The van der Waals surface area contributed by atoms with E-state index in [2.05, 4.69) is 25.3 Å². The first-order valence-corrected chi connectivity index (χ1v) is 7.36. The lowest BCUT2D eigenvalue weighted by Crippen LogP contribution is -2.04. The number of aliphatic hydroxyl groups is 1. The van der Waals surface area contributed by atoms with Gasteiger partial charge in [-0.3, -0.25) is 0 Å². The Morgan fingerprint density at radius 2 is 1.95 bits per heavy atom. The van der Waals surface area contributed by atoms with E-state index in [1.165, 1.54) is 5.69 Å². The first kappa shape index (κ1) is 15.6. The highest BCUT2D eigenvalue weighted by Gasteiger charge is 2.19. The molecule has 114 valence electrons. The number of hydrogen-bond acceptors (Lipinski definition) is 2. The van der Waals surface area contributed by atoms with Crippen LogP contribution in [0, 0.1) is 13.8 Å². The second-order valence-electron chi connectivity index (χ2n) is 5.85. The quantitative estimate of drug-likeness (QED) is 0.886. The Bertz CT molecular complexity index is 683. The van der Waals surface area contributed by atoms with Crippen molar-refractivity contribution < 1.29 is 15.0 Å². The molecule has 1 aromatic heterocycles. The number of rotatable bonds is 5. The predicted octanol–water partition coefficient (Wildman–Crippen LogP) is 3.46. The number of nitrogens with zero attached hydrogens (tertiary/aromatic N) is 1. The fourth-order valence-corrected chi connectivity index (χ4v) is 3.18. The zero-order chi connectivity index (χ0) is 15.7. The first-order valence-electron chi connectivity index (χ1n) is 7.36. The molecule has 0 aliphatic heterocycles. The molecule has 21 heavy (non-hydrogen) atoms. The van der Waals surface area contributed by atoms with E-state index in [-0.39, 0.29) is 6.61 Å². The van der Waals surface area contributed by atoms with Crippen molar-refractivity contribution in [3.05, 3.63) is 34.5 Å². The number of aromatic nitrogens is 1. The molecule has 0 fully saturated rings. The summed E-state index contributed by atoms with van der Waals surface area (Å²) in [5.74, 6) is -0.900. The number of benzene rings is 1. The number of aryl methyl sites for hydroxylation is 2. The average molecular weight is 289 g/mol. The molecule has 0 radical (unpaired) electrons. The number of carbonyl (C=O) groups is 1. The molecule has 2 rings (SSSR count). The number of aromatic carboxylic acids is 1. The summed E-state index contributed by atoms with van der Waals surface area (Å²) in [5.41, 5.74) is 4.74. The van der Waals surface area contributed by atoms with Crippen molar-refractivity contribution in [3.63, 3.8) is 0 Å². The molecule has 1 heterocycles. The fourth-order valence-electron chi connectivity index (χ4n) is 3.18. The normalized spacial score (nSPS) is 11.5. The van der Waals surface area contributed by atoms with Crippen molar-refractivity contribution in [1.29, 1.82) is 0 Å². The van der Waals surface area contributed by atoms with Crippen molar-refractivity contribution in [3.8, 4) is 0 Å². The van der Waals surface area contributed by atoms with Crippen LogP contribution in [0.25, 0.3) is 10.9 Å². The average Bonchev–Trinajstić information content (AvgIpc) is 2.69. The third-order valence-electron chi connectivity index (χ3n) is 4.01. The summed E-state index contributed by atoms with van der Waals surface area (Å²) >= 11 is 0. The zero-order valence-corrected chi connectivity index (χ0v) is 13.1. The molecule has 0 aliphatic carbocycles. The van der Waals surface area contributed by atoms with Crippen LogP contribution in [0.3, 0.4) is 0 Å². The molecule has 2 N–H and O–H groups in total. The summed E-state index contributed by atoms with van der Waals surface area (Å²) in [5, 5.41) is 19.4. The van der Waals surface area contributed by atoms with Crippen molar-refractivity contribution in [1.82, 2.24) is 4.57 Å². The minimum absolute atomic E-state index is 0.144. The van der Waals surface area contributed by atoms with E-state index in [9.17, 15) is 9.90 Å². The van der Waals surface area contributed by atoms with E-state index in [1.54, 1.807) is 12.1 Å². The van der Waals surface area contributed by atoms with Gasteiger partial charge in [0.2, 0.25) is 0 Å². The molecular weight excluding hydrogens is 266 g/mol. The van der Waals surface area contributed by atoms with Crippen molar-refractivity contribution in [2.45, 2.75) is 46.6 Å². The highest BCUT2D eigenvalue weighted by atomic mass is 16.4. The van der Waals surface area contributed by atoms with Gasteiger partial charge in [-0.25, -0.2) is 4.79 Å². The molecule has 0 spiro atoms. The van der Waals surface area contributed by atoms with Crippen LogP contribution < -0.4 is 0 Å². The van der Waals surface area contributed by atoms with Crippen LogP contribution in [0.2, 0.25) is 0 Å². The second kappa shape index (κ2) is 5.90. The van der Waals surface area contributed by atoms with Gasteiger partial charge in [0.1, 0.15) is 0 Å². The van der Waals surface area contributed by atoms with Crippen LogP contribution in [0.5, 0.6) is 0 Å². The molecule has 0 amide bonds. The van der Waals surface area contributed by atoms with Crippen molar-refractivity contribution in [2.24, 2.45) is 0 Å². The van der Waals surface area contributed by atoms with Gasteiger partial charge in [-0.15, -0.1) is 0 Å². The summed E-state index contributed by atoms with van der Waals surface area (Å²) < 4.78 is 2.27. The van der Waals surface area contributed by atoms with Gasteiger partial charge >= 0.3 is 5.97 Å². The van der Waals surface area contributed by atoms with E-state index in [0.717, 1.165) is 28.5 Å². The fraction of sp³-hybridized carbons (Fsp3) is 0.471. The van der Waals surface area contributed by atoms with Crippen molar-refractivity contribution in [2.75, 3.05) is 6.61 Å². The summed E-state index contributed by atoms with van der Waals surface area (Å²) in [6, 6.07) is 3.81. The number of fused-ring (bicyclic) bond motifs is 1. The van der Waals surface area contributed by atoms with E-state index in [0.29, 0.717) is 18.0 Å². The maximum Gasteiger partial charge on any atom is 0.335 e. The summed E-state index contributed by atoms with van der Waals surface area (Å²) in [6.07, 6.45) is 1.45. The van der Waals surface area contributed by atoms with E-state index in [4.69, 9.17) is 5.11 Å². The van der Waals surface area contributed by atoms with Crippen LogP contribution in [0.15, 0.2) is 12.1 Å². The Kier molecular flexibility index (Phi) is 4.37. The largest absolute Gasteiger partial charge is 0.478 e. The lowest BCUT2D eigenvalue weighted by molar-refractivity contribution is 0.0697. The zero-order valence-electron chi connectivity index (χ0n) is 13.1. The maximum absolute atomic E-state index is 11.3. The summed E-state index contributed by atoms with van der Waals surface area (Å²) in [6.45, 7) is 8.44. The topological polar surface area (TPSA) is 62.5 Å². The maximum atomic E-state index is 11.3. The minimum atomic E-state index is -0.900. The smallest absolute Gasteiger partial charge is 0.335 e. The number of carboxylic acid groups (broad SMARTS) is 1. The van der Waals surface area contributed by atoms with Crippen LogP contribution >= 0.6 is 0 Å². The molecule has 0 bridgehead atoms. The number of carboxylic acids is 1. The lowest BCUT2D eigenvalue weighted by Gasteiger charge is -2.14. The van der Waals surface area contributed by atoms with Crippen molar-refractivity contribution >= 4 is 16.9 Å². The second-order valence-corrected chi connectivity index (χ2v) is 5.85. The van der Waals surface area contributed by atoms with Gasteiger partial charge in [-0.1, -0.05) is 0 Å². The molecule has 1 aromatic carbocycles. The Hall–Kier alpha value is -1.81. The number of hydrogen-bond donors (Lipinski definition) is 2.